The molecule has 2 aromatic heterocycles. The Balaban J connectivity index is 1.57. The van der Waals surface area contributed by atoms with Crippen LogP contribution in [0.4, 0.5) is 5.69 Å². The van der Waals surface area contributed by atoms with Gasteiger partial charge in [0.1, 0.15) is 5.69 Å². The summed E-state index contributed by atoms with van der Waals surface area (Å²) in [5.74, 6) is -0.477. The molecule has 8 nitrogen and oxygen atoms in total. The molecule has 1 N–H and O–H groups in total. The van der Waals surface area contributed by atoms with E-state index in [1.165, 1.54) is 4.68 Å². The average molecular weight is 388 g/mol. The Bertz CT molecular complexity index is 1210. The smallest absolute Gasteiger partial charge is 0.295 e. The minimum absolute atomic E-state index is 0.148. The Morgan fingerprint density at radius 3 is 2.38 bits per heavy atom. The first kappa shape index (κ1) is 18.4. The molecule has 0 fully saturated rings. The van der Waals surface area contributed by atoms with Crippen molar-refractivity contribution in [2.24, 2.45) is 7.05 Å². The van der Waals surface area contributed by atoms with Crippen LogP contribution in [-0.2, 0) is 13.6 Å². The number of aromatic nitrogens is 5. The first-order valence-electron chi connectivity index (χ1n) is 9.14. The van der Waals surface area contributed by atoms with Gasteiger partial charge >= 0.3 is 0 Å². The number of nitrogens with zero attached hydrogens (tertiary/aromatic N) is 5. The van der Waals surface area contributed by atoms with Crippen molar-refractivity contribution >= 4 is 11.6 Å². The average Bonchev–Trinajstić information content (AvgIpc) is 3.28. The summed E-state index contributed by atoms with van der Waals surface area (Å²) in [4.78, 5) is 25.6. The highest BCUT2D eigenvalue weighted by molar-refractivity contribution is 6.02. The fourth-order valence-electron chi connectivity index (χ4n) is 3.14. The van der Waals surface area contributed by atoms with Crippen molar-refractivity contribution in [2.75, 3.05) is 5.32 Å². The maximum absolute atomic E-state index is 12.9. The van der Waals surface area contributed by atoms with Crippen LogP contribution in [0.15, 0.2) is 71.7 Å². The topological polar surface area (TPSA) is 86.7 Å². The van der Waals surface area contributed by atoms with Gasteiger partial charge in [-0.1, -0.05) is 53.7 Å². The number of carbonyl (C=O) groups excluding carboxylic acids is 1. The Labute approximate surface area is 167 Å². The number of anilines is 1. The third-order valence-electron chi connectivity index (χ3n) is 4.75. The second-order valence-electron chi connectivity index (χ2n) is 6.68. The predicted molar refractivity (Wildman–Crippen MR) is 109 cm³/mol. The number of rotatable bonds is 5. The van der Waals surface area contributed by atoms with E-state index in [9.17, 15) is 9.59 Å². The van der Waals surface area contributed by atoms with Gasteiger partial charge in [0, 0.05) is 7.05 Å². The number of carbonyl (C=O) groups is 1. The minimum atomic E-state index is -0.477. The van der Waals surface area contributed by atoms with E-state index in [1.807, 2.05) is 60.7 Å². The molecule has 0 aliphatic heterocycles. The molecule has 0 spiro atoms. The number of nitrogens with one attached hydrogen (secondary N) is 1. The lowest BCUT2D eigenvalue weighted by molar-refractivity contribution is 0.102. The van der Waals surface area contributed by atoms with E-state index in [4.69, 9.17) is 0 Å². The van der Waals surface area contributed by atoms with Gasteiger partial charge in [0.2, 0.25) is 0 Å². The quantitative estimate of drug-likeness (QED) is 0.569. The van der Waals surface area contributed by atoms with Crippen molar-refractivity contribution in [1.82, 2.24) is 24.4 Å². The van der Waals surface area contributed by atoms with Crippen LogP contribution in [0.1, 0.15) is 21.7 Å². The van der Waals surface area contributed by atoms with Crippen molar-refractivity contribution in [3.63, 3.8) is 0 Å². The van der Waals surface area contributed by atoms with Crippen LogP contribution in [0, 0.1) is 6.92 Å². The van der Waals surface area contributed by atoms with E-state index < -0.39 is 5.91 Å². The first-order valence-corrected chi connectivity index (χ1v) is 9.14. The first-order chi connectivity index (χ1) is 14.0. The van der Waals surface area contributed by atoms with Crippen LogP contribution in [0.5, 0.6) is 0 Å². The third-order valence-corrected chi connectivity index (χ3v) is 4.75. The molecule has 29 heavy (non-hydrogen) atoms. The molecule has 0 radical (unpaired) electrons. The van der Waals surface area contributed by atoms with Crippen molar-refractivity contribution in [3.05, 3.63) is 94.2 Å². The fraction of sp³-hybridized carbons (Fsp3) is 0.143. The third kappa shape index (κ3) is 3.60. The van der Waals surface area contributed by atoms with E-state index in [1.54, 1.807) is 29.5 Å². The Hall–Kier alpha value is -3.94. The molecule has 0 saturated carbocycles. The molecule has 0 aliphatic carbocycles. The lowest BCUT2D eigenvalue weighted by Gasteiger charge is -2.07. The van der Waals surface area contributed by atoms with Crippen molar-refractivity contribution in [1.29, 1.82) is 0 Å². The van der Waals surface area contributed by atoms with Crippen LogP contribution in [0.25, 0.3) is 5.69 Å². The van der Waals surface area contributed by atoms with Crippen molar-refractivity contribution < 1.29 is 4.79 Å². The number of hydrogen-bond acceptors (Lipinski definition) is 4. The number of amides is 1. The molecule has 0 aliphatic rings. The van der Waals surface area contributed by atoms with Gasteiger partial charge in [0.15, 0.2) is 5.69 Å². The lowest BCUT2D eigenvalue weighted by atomic mass is 10.2. The van der Waals surface area contributed by atoms with Crippen molar-refractivity contribution in [2.45, 2.75) is 13.5 Å². The van der Waals surface area contributed by atoms with Crippen molar-refractivity contribution in [3.8, 4) is 5.69 Å². The largest absolute Gasteiger partial charge is 0.314 e. The molecular formula is C21H20N6O2. The van der Waals surface area contributed by atoms with Gasteiger partial charge in [0.25, 0.3) is 11.5 Å². The minimum Gasteiger partial charge on any atom is -0.314 e. The molecule has 8 heteroatoms. The normalized spacial score (nSPS) is 10.8. The molecule has 146 valence electrons. The van der Waals surface area contributed by atoms with E-state index in [2.05, 4.69) is 15.6 Å². The lowest BCUT2D eigenvalue weighted by Crippen LogP contribution is -2.23. The Morgan fingerprint density at radius 1 is 1.03 bits per heavy atom. The van der Waals surface area contributed by atoms with Gasteiger partial charge in [-0.25, -0.2) is 9.36 Å². The highest BCUT2D eigenvalue weighted by Crippen LogP contribution is 2.14. The number of para-hydroxylation sites is 1. The van der Waals surface area contributed by atoms with Gasteiger partial charge in [-0.3, -0.25) is 14.3 Å². The van der Waals surface area contributed by atoms with Gasteiger partial charge in [-0.15, -0.1) is 5.10 Å². The summed E-state index contributed by atoms with van der Waals surface area (Å²) in [6.07, 6.45) is 1.57. The summed E-state index contributed by atoms with van der Waals surface area (Å²) in [5, 5.41) is 10.6. The summed E-state index contributed by atoms with van der Waals surface area (Å²) >= 11 is 0. The number of benzene rings is 2. The summed E-state index contributed by atoms with van der Waals surface area (Å²) in [5.41, 5.74) is 2.48. The highest BCUT2D eigenvalue weighted by Gasteiger charge is 2.20. The molecule has 2 aromatic carbocycles. The van der Waals surface area contributed by atoms with Crippen LogP contribution in [0.2, 0.25) is 0 Å². The highest BCUT2D eigenvalue weighted by atomic mass is 16.2. The summed E-state index contributed by atoms with van der Waals surface area (Å²) < 4.78 is 4.81. The zero-order valence-corrected chi connectivity index (χ0v) is 16.1. The second-order valence-corrected chi connectivity index (χ2v) is 6.68. The predicted octanol–water partition coefficient (Wildman–Crippen LogP) is 2.38. The van der Waals surface area contributed by atoms with Crippen LogP contribution in [0.3, 0.4) is 0 Å². The van der Waals surface area contributed by atoms with Gasteiger partial charge < -0.3 is 5.32 Å². The Morgan fingerprint density at radius 2 is 1.69 bits per heavy atom. The maximum Gasteiger partial charge on any atom is 0.295 e. The monoisotopic (exact) mass is 388 g/mol. The SMILES string of the molecule is Cc1c(NC(=O)c2cn(Cc3ccccc3)nn2)c(=O)n(-c2ccccc2)n1C. The molecule has 0 saturated heterocycles. The molecule has 0 atom stereocenters. The van der Waals surface area contributed by atoms with Gasteiger partial charge in [0.05, 0.1) is 24.1 Å². The maximum atomic E-state index is 12.9. The van der Waals surface area contributed by atoms with Gasteiger partial charge in [-0.2, -0.15) is 0 Å². The van der Waals surface area contributed by atoms with E-state index in [0.717, 1.165) is 11.3 Å². The molecule has 4 aromatic rings. The summed E-state index contributed by atoms with van der Waals surface area (Å²) in [6.45, 7) is 2.29. The van der Waals surface area contributed by atoms with E-state index >= 15 is 0 Å². The van der Waals surface area contributed by atoms with E-state index in [0.29, 0.717) is 12.2 Å². The van der Waals surface area contributed by atoms with Crippen LogP contribution >= 0.6 is 0 Å². The molecule has 0 bridgehead atoms. The standard InChI is InChI=1S/C21H20N6O2/c1-15-19(21(29)27(25(15)2)17-11-7-4-8-12-17)22-20(28)18-14-26(24-23-18)13-16-9-5-3-6-10-16/h3-12,14H,13H2,1-2H3,(H,22,28). The van der Waals surface area contributed by atoms with Gasteiger partial charge in [-0.05, 0) is 24.6 Å². The zero-order chi connectivity index (χ0) is 20.4. The molecular weight excluding hydrogens is 368 g/mol. The Kier molecular flexibility index (Phi) is 4.82. The second kappa shape index (κ2) is 7.59. The molecule has 1 amide bonds. The summed E-state index contributed by atoms with van der Waals surface area (Å²) in [6, 6.07) is 19.0. The van der Waals surface area contributed by atoms with Crippen LogP contribution in [-0.4, -0.2) is 30.3 Å². The van der Waals surface area contributed by atoms with Crippen LogP contribution < -0.4 is 10.9 Å². The fourth-order valence-corrected chi connectivity index (χ4v) is 3.14. The molecule has 2 heterocycles. The number of hydrogen-bond donors (Lipinski definition) is 1. The zero-order valence-electron chi connectivity index (χ0n) is 16.1. The van der Waals surface area contributed by atoms with E-state index in [-0.39, 0.29) is 16.9 Å². The summed E-state index contributed by atoms with van der Waals surface area (Å²) in [7, 11) is 1.77. The molecule has 4 rings (SSSR count). The molecule has 0 unspecified atom stereocenters.